The Morgan fingerprint density at radius 3 is 1.28 bits per heavy atom. The summed E-state index contributed by atoms with van der Waals surface area (Å²) in [6.07, 6.45) is 0. The quantitative estimate of drug-likeness (QED) is 0.793. The van der Waals surface area contributed by atoms with Crippen LogP contribution < -0.4 is 10.6 Å². The first kappa shape index (κ1) is 11.9. The third-order valence-corrected chi connectivity index (χ3v) is 7.88. The Morgan fingerprint density at radius 1 is 0.611 bits per heavy atom. The van der Waals surface area contributed by atoms with E-state index >= 15 is 0 Å². The van der Waals surface area contributed by atoms with E-state index in [9.17, 15) is 9.13 Å². The highest BCUT2D eigenvalue weighted by Gasteiger charge is 2.54. The Balaban J connectivity index is 1.89. The monoisotopic (exact) mass is 280 g/mol. The van der Waals surface area contributed by atoms with Crippen molar-refractivity contribution in [1.29, 1.82) is 0 Å². The molecule has 0 aromatic heterocycles. The molecule has 1 aliphatic rings. The lowest BCUT2D eigenvalue weighted by Crippen LogP contribution is -2.22. The first-order chi connectivity index (χ1) is 8.62. The summed E-state index contributed by atoms with van der Waals surface area (Å²) in [5.74, 6) is 0. The van der Waals surface area contributed by atoms with Gasteiger partial charge in [0.1, 0.15) is 0 Å². The molecule has 0 radical (unpaired) electrons. The molecule has 0 aliphatic carbocycles. The highest BCUT2D eigenvalue weighted by atomic mass is 31.3. The minimum absolute atomic E-state index is 0.424. The van der Waals surface area contributed by atoms with Crippen molar-refractivity contribution in [2.75, 3.05) is 0 Å². The van der Waals surface area contributed by atoms with Crippen molar-refractivity contribution in [3.8, 4) is 0 Å². The minimum Gasteiger partial charge on any atom is -0.254 e. The molecule has 1 aliphatic heterocycles. The third kappa shape index (κ3) is 1.88. The van der Waals surface area contributed by atoms with Crippen LogP contribution in [0, 0.1) is 0 Å². The smallest absolute Gasteiger partial charge is 0.254 e. The maximum Gasteiger partial charge on any atom is 0.376 e. The second-order valence-corrected chi connectivity index (χ2v) is 8.16. The molecule has 0 N–H and O–H groups in total. The van der Waals surface area contributed by atoms with E-state index in [2.05, 4.69) is 0 Å². The van der Waals surface area contributed by atoms with E-state index in [1.165, 1.54) is 0 Å². The number of rotatable bonds is 2. The summed E-state index contributed by atoms with van der Waals surface area (Å²) in [6.45, 7) is 0. The lowest BCUT2D eigenvalue weighted by Gasteiger charge is -2.34. The van der Waals surface area contributed by atoms with E-state index in [4.69, 9.17) is 8.62 Å². The van der Waals surface area contributed by atoms with E-state index in [1.54, 1.807) is 60.7 Å². The van der Waals surface area contributed by atoms with Crippen molar-refractivity contribution < 1.29 is 17.8 Å². The SMILES string of the molecule is O=P1(c2ccccc2)OP(=O)(c2ccccc2)O1. The van der Waals surface area contributed by atoms with Gasteiger partial charge in [-0.2, -0.15) is 0 Å². The summed E-state index contributed by atoms with van der Waals surface area (Å²) in [5.41, 5.74) is 0. The lowest BCUT2D eigenvalue weighted by atomic mass is 10.4. The van der Waals surface area contributed by atoms with Gasteiger partial charge >= 0.3 is 15.2 Å². The Bertz CT molecular complexity index is 583. The molecule has 1 saturated heterocycles. The molecule has 2 aromatic carbocycles. The molecule has 2 aromatic rings. The molecule has 0 unspecified atom stereocenters. The van der Waals surface area contributed by atoms with Gasteiger partial charge in [0.2, 0.25) is 0 Å². The van der Waals surface area contributed by atoms with Crippen LogP contribution in [-0.4, -0.2) is 0 Å². The van der Waals surface area contributed by atoms with E-state index in [1.807, 2.05) is 0 Å². The van der Waals surface area contributed by atoms with Crippen molar-refractivity contribution in [3.63, 3.8) is 0 Å². The number of hydrogen-bond acceptors (Lipinski definition) is 4. The van der Waals surface area contributed by atoms with Crippen molar-refractivity contribution >= 4 is 25.8 Å². The van der Waals surface area contributed by atoms with Gasteiger partial charge in [0.15, 0.2) is 0 Å². The normalized spacial score (nSPS) is 30.7. The zero-order chi connectivity index (χ0) is 12.6. The zero-order valence-corrected chi connectivity index (χ0v) is 11.1. The van der Waals surface area contributed by atoms with Gasteiger partial charge in [0.05, 0.1) is 10.6 Å². The van der Waals surface area contributed by atoms with E-state index in [-0.39, 0.29) is 0 Å². The summed E-state index contributed by atoms with van der Waals surface area (Å²) in [7, 11) is -6.79. The van der Waals surface area contributed by atoms with Crippen molar-refractivity contribution in [3.05, 3.63) is 60.7 Å². The van der Waals surface area contributed by atoms with Crippen molar-refractivity contribution in [2.24, 2.45) is 0 Å². The van der Waals surface area contributed by atoms with Crippen LogP contribution in [0.3, 0.4) is 0 Å². The number of hydrogen-bond donors (Lipinski definition) is 0. The van der Waals surface area contributed by atoms with Gasteiger partial charge < -0.3 is 0 Å². The topological polar surface area (TPSA) is 52.6 Å². The summed E-state index contributed by atoms with van der Waals surface area (Å²) in [4.78, 5) is 0. The largest absolute Gasteiger partial charge is 0.376 e. The first-order valence-electron chi connectivity index (χ1n) is 5.36. The molecule has 0 saturated carbocycles. The van der Waals surface area contributed by atoms with E-state index in [0.717, 1.165) is 0 Å². The van der Waals surface area contributed by atoms with Crippen LogP contribution in [-0.2, 0) is 17.8 Å². The van der Waals surface area contributed by atoms with E-state index < -0.39 is 15.2 Å². The van der Waals surface area contributed by atoms with Crippen LogP contribution in [0.4, 0.5) is 0 Å². The van der Waals surface area contributed by atoms with Crippen molar-refractivity contribution in [1.82, 2.24) is 0 Å². The minimum atomic E-state index is -3.40. The predicted molar refractivity (Wildman–Crippen MR) is 69.5 cm³/mol. The van der Waals surface area contributed by atoms with Crippen LogP contribution in [0.25, 0.3) is 0 Å². The zero-order valence-electron chi connectivity index (χ0n) is 9.30. The molecule has 3 rings (SSSR count). The first-order valence-corrected chi connectivity index (χ1v) is 8.45. The molecule has 6 heteroatoms. The number of benzene rings is 2. The fraction of sp³-hybridized carbons (Fsp3) is 0. The highest BCUT2D eigenvalue weighted by molar-refractivity contribution is 7.87. The van der Waals surface area contributed by atoms with Crippen molar-refractivity contribution in [2.45, 2.75) is 0 Å². The van der Waals surface area contributed by atoms with Crippen LogP contribution >= 0.6 is 15.2 Å². The standard InChI is InChI=1S/C12H10O4P2/c13-17(11-7-3-1-4-8-11)15-18(14,16-17)12-9-5-2-6-10-12/h1-10H. The maximum absolute atomic E-state index is 12.2. The van der Waals surface area contributed by atoms with Gasteiger partial charge in [0.25, 0.3) is 0 Å². The maximum atomic E-state index is 12.2. The highest BCUT2D eigenvalue weighted by Crippen LogP contribution is 2.80. The Morgan fingerprint density at radius 2 is 0.944 bits per heavy atom. The lowest BCUT2D eigenvalue weighted by molar-refractivity contribution is 0.296. The Hall–Kier alpha value is -1.18. The molecule has 92 valence electrons. The third-order valence-electron chi connectivity index (χ3n) is 2.57. The molecule has 0 amide bonds. The van der Waals surface area contributed by atoms with Gasteiger partial charge in [0, 0.05) is 0 Å². The molecule has 0 spiro atoms. The van der Waals surface area contributed by atoms with Gasteiger partial charge in [-0.1, -0.05) is 36.4 Å². The summed E-state index contributed by atoms with van der Waals surface area (Å²) >= 11 is 0. The molecule has 1 heterocycles. The van der Waals surface area contributed by atoms with Gasteiger partial charge in [-0.15, -0.1) is 0 Å². The van der Waals surface area contributed by atoms with E-state index in [0.29, 0.717) is 10.6 Å². The fourth-order valence-electron chi connectivity index (χ4n) is 1.70. The van der Waals surface area contributed by atoms with Crippen LogP contribution in [0.2, 0.25) is 0 Å². The predicted octanol–water partition coefficient (Wildman–Crippen LogP) is 3.07. The molecule has 0 bridgehead atoms. The molecule has 0 atom stereocenters. The fourth-order valence-corrected chi connectivity index (χ4v) is 6.60. The van der Waals surface area contributed by atoms with Gasteiger partial charge in [-0.05, 0) is 24.3 Å². The molecular formula is C12H10O4P2. The second-order valence-electron chi connectivity index (χ2n) is 3.83. The Labute approximate surface area is 105 Å². The Kier molecular flexibility index (Phi) is 2.76. The summed E-state index contributed by atoms with van der Waals surface area (Å²) in [6, 6.07) is 17.1. The molecule has 18 heavy (non-hydrogen) atoms. The summed E-state index contributed by atoms with van der Waals surface area (Å²) < 4.78 is 34.8. The van der Waals surface area contributed by atoms with Crippen LogP contribution in [0.15, 0.2) is 60.7 Å². The molecular weight excluding hydrogens is 270 g/mol. The van der Waals surface area contributed by atoms with Gasteiger partial charge in [-0.3, -0.25) is 9.13 Å². The van der Waals surface area contributed by atoms with Crippen LogP contribution in [0.1, 0.15) is 0 Å². The average molecular weight is 280 g/mol. The van der Waals surface area contributed by atoms with Gasteiger partial charge in [-0.25, -0.2) is 8.62 Å². The molecule has 4 nitrogen and oxygen atoms in total. The average Bonchev–Trinajstić information content (AvgIpc) is 2.39. The van der Waals surface area contributed by atoms with Crippen LogP contribution in [0.5, 0.6) is 0 Å². The summed E-state index contributed by atoms with van der Waals surface area (Å²) in [5, 5.41) is 0.847. The second kappa shape index (κ2) is 4.18. The molecule has 1 fully saturated rings.